The van der Waals surface area contributed by atoms with E-state index < -0.39 is 53.7 Å². The highest BCUT2D eigenvalue weighted by Crippen LogP contribution is 2.51. The molecular formula is C39H36O10. The Morgan fingerprint density at radius 3 is 2.24 bits per heavy atom. The molecule has 3 aliphatic rings. The highest BCUT2D eigenvalue weighted by atomic mass is 16.6. The first-order valence-electron chi connectivity index (χ1n) is 16.6. The number of cyclic esters (lactones) is 4. The van der Waals surface area contributed by atoms with Gasteiger partial charge in [0, 0.05) is 5.56 Å². The number of hydrogen-bond donors (Lipinski definition) is 0. The van der Waals surface area contributed by atoms with E-state index in [9.17, 15) is 28.8 Å². The monoisotopic (exact) mass is 664 g/mol. The summed E-state index contributed by atoms with van der Waals surface area (Å²) >= 11 is 0. The number of esters is 4. The largest absolute Gasteiger partial charge is 0.494 e. The van der Waals surface area contributed by atoms with E-state index in [1.165, 1.54) is 6.08 Å². The van der Waals surface area contributed by atoms with Crippen LogP contribution in [0.1, 0.15) is 83.8 Å². The molecule has 252 valence electrons. The number of allylic oxidation sites excluding steroid dienone is 1. The molecule has 0 spiro atoms. The fourth-order valence-electron chi connectivity index (χ4n) is 6.79. The summed E-state index contributed by atoms with van der Waals surface area (Å²) in [4.78, 5) is 73.2. The summed E-state index contributed by atoms with van der Waals surface area (Å²) in [5.41, 5.74) is 2.78. The van der Waals surface area contributed by atoms with Gasteiger partial charge in [0.15, 0.2) is 18.2 Å². The van der Waals surface area contributed by atoms with E-state index in [0.29, 0.717) is 35.7 Å². The first-order valence-corrected chi connectivity index (χ1v) is 16.6. The average molecular weight is 665 g/mol. The van der Waals surface area contributed by atoms with Crippen LogP contribution in [0.4, 0.5) is 0 Å². The molecule has 0 N–H and O–H groups in total. The zero-order chi connectivity index (χ0) is 34.3. The molecule has 0 bridgehead atoms. The number of carbonyl (C=O) groups excluding carboxylic acids is 6. The molecule has 10 nitrogen and oxygen atoms in total. The molecule has 49 heavy (non-hydrogen) atoms. The number of benzene rings is 3. The van der Waals surface area contributed by atoms with Gasteiger partial charge < -0.3 is 18.9 Å². The van der Waals surface area contributed by atoms with Crippen LogP contribution in [0, 0.1) is 11.8 Å². The number of fused-ring (bicyclic) bond motifs is 3. The van der Waals surface area contributed by atoms with Crippen molar-refractivity contribution in [2.75, 3.05) is 6.61 Å². The molecule has 0 amide bonds. The van der Waals surface area contributed by atoms with Crippen LogP contribution in [0.15, 0.2) is 78.9 Å². The number of carbonyl (C=O) groups is 6. The normalized spacial score (nSPS) is 21.9. The summed E-state index contributed by atoms with van der Waals surface area (Å²) in [5.74, 6) is -4.04. The van der Waals surface area contributed by atoms with Crippen molar-refractivity contribution in [1.82, 2.24) is 0 Å². The highest BCUT2D eigenvalue weighted by molar-refractivity contribution is 6.06. The van der Waals surface area contributed by atoms with Gasteiger partial charge >= 0.3 is 23.9 Å². The Morgan fingerprint density at radius 2 is 1.51 bits per heavy atom. The molecule has 2 fully saturated rings. The molecule has 2 aliphatic heterocycles. The molecule has 3 aromatic rings. The van der Waals surface area contributed by atoms with Crippen LogP contribution >= 0.6 is 0 Å². The number of rotatable bonds is 15. The number of unbranched alkanes of at least 4 members (excludes halogenated alkanes) is 3. The standard InChI is InChI=1S/C39H36O10/c40-23-28(47-26-14-11-24(12-15-26)13-18-34(41)25-8-4-3-5-9-25)10-6-1-2-7-19-46-27-16-17-29-30(32-22-35(42)48-37(32)43)21-33-36(31(29)20-27)39(45)49-38(33)44/h3-5,8-9,11-18,20,23,28,30,32-33,36H,1-2,6-7,10,19,21-22H2/b18-13+. The third-order valence-corrected chi connectivity index (χ3v) is 9.31. The Kier molecular flexibility index (Phi) is 10.4. The maximum atomic E-state index is 12.6. The third kappa shape index (κ3) is 7.85. The lowest BCUT2D eigenvalue weighted by molar-refractivity contribution is -0.155. The fourth-order valence-corrected chi connectivity index (χ4v) is 6.79. The van der Waals surface area contributed by atoms with Gasteiger partial charge in [-0.2, -0.15) is 0 Å². The zero-order valence-corrected chi connectivity index (χ0v) is 26.8. The van der Waals surface area contributed by atoms with Gasteiger partial charge in [0.2, 0.25) is 0 Å². The molecule has 5 unspecified atom stereocenters. The minimum atomic E-state index is -0.770. The summed E-state index contributed by atoms with van der Waals surface area (Å²) in [6.45, 7) is 0.425. The van der Waals surface area contributed by atoms with E-state index in [2.05, 4.69) is 0 Å². The molecule has 0 radical (unpaired) electrons. The Morgan fingerprint density at radius 1 is 0.776 bits per heavy atom. The van der Waals surface area contributed by atoms with Gasteiger partial charge in [-0.25, -0.2) is 0 Å². The second-order valence-electron chi connectivity index (χ2n) is 12.5. The summed E-state index contributed by atoms with van der Waals surface area (Å²) in [7, 11) is 0. The maximum Gasteiger partial charge on any atom is 0.321 e. The van der Waals surface area contributed by atoms with Crippen molar-refractivity contribution in [2.24, 2.45) is 11.8 Å². The van der Waals surface area contributed by atoms with Crippen LogP contribution in [0.2, 0.25) is 0 Å². The van der Waals surface area contributed by atoms with E-state index in [1.807, 2.05) is 30.3 Å². The second-order valence-corrected chi connectivity index (χ2v) is 12.5. The Bertz CT molecular complexity index is 1760. The average Bonchev–Trinajstić information content (AvgIpc) is 3.61. The molecule has 2 heterocycles. The predicted molar refractivity (Wildman–Crippen MR) is 176 cm³/mol. The lowest BCUT2D eigenvalue weighted by atomic mass is 9.67. The lowest BCUT2D eigenvalue weighted by Crippen LogP contribution is -2.31. The highest BCUT2D eigenvalue weighted by Gasteiger charge is 2.53. The molecule has 3 aromatic carbocycles. The predicted octanol–water partition coefficient (Wildman–Crippen LogP) is 5.92. The molecule has 10 heteroatoms. The summed E-state index contributed by atoms with van der Waals surface area (Å²) in [5, 5.41) is 0. The third-order valence-electron chi connectivity index (χ3n) is 9.31. The van der Waals surface area contributed by atoms with Crippen molar-refractivity contribution in [3.8, 4) is 11.5 Å². The first kappa shape index (κ1) is 33.5. The van der Waals surface area contributed by atoms with Crippen LogP contribution in [0.25, 0.3) is 6.08 Å². The van der Waals surface area contributed by atoms with Gasteiger partial charge in [0.05, 0.1) is 30.8 Å². The van der Waals surface area contributed by atoms with Gasteiger partial charge in [-0.05, 0) is 78.6 Å². The van der Waals surface area contributed by atoms with Crippen molar-refractivity contribution in [3.63, 3.8) is 0 Å². The van der Waals surface area contributed by atoms with E-state index >= 15 is 0 Å². The van der Waals surface area contributed by atoms with E-state index in [-0.39, 0.29) is 18.6 Å². The van der Waals surface area contributed by atoms with Crippen LogP contribution in [0.5, 0.6) is 11.5 Å². The molecule has 2 saturated heterocycles. The Labute approximate surface area is 283 Å². The van der Waals surface area contributed by atoms with E-state index in [0.717, 1.165) is 43.1 Å². The van der Waals surface area contributed by atoms with Crippen molar-refractivity contribution < 1.29 is 47.7 Å². The summed E-state index contributed by atoms with van der Waals surface area (Å²) in [6, 6.07) is 21.6. The first-order chi connectivity index (χ1) is 23.8. The topological polar surface area (TPSA) is 139 Å². The Balaban J connectivity index is 0.944. The SMILES string of the molecule is O=CC(CCCCCCOc1ccc2c(c1)C1C(=O)OC(=O)C1CC2C1CC(=O)OC1=O)Oc1ccc(/C=C/C(=O)c2ccccc2)cc1. The van der Waals surface area contributed by atoms with Gasteiger partial charge in [0.1, 0.15) is 11.5 Å². The van der Waals surface area contributed by atoms with Crippen LogP contribution in [0.3, 0.4) is 0 Å². The second kappa shape index (κ2) is 15.2. The molecule has 6 rings (SSSR count). The van der Waals surface area contributed by atoms with Crippen LogP contribution < -0.4 is 9.47 Å². The van der Waals surface area contributed by atoms with Gasteiger partial charge in [-0.15, -0.1) is 0 Å². The van der Waals surface area contributed by atoms with Crippen molar-refractivity contribution in [1.29, 1.82) is 0 Å². The smallest absolute Gasteiger partial charge is 0.321 e. The summed E-state index contributed by atoms with van der Waals surface area (Å²) < 4.78 is 21.6. The van der Waals surface area contributed by atoms with Gasteiger partial charge in [0.25, 0.3) is 0 Å². The number of aldehydes is 1. The van der Waals surface area contributed by atoms with E-state index in [1.54, 1.807) is 48.5 Å². The molecule has 0 aromatic heterocycles. The molecule has 5 atom stereocenters. The van der Waals surface area contributed by atoms with Crippen molar-refractivity contribution >= 4 is 42.0 Å². The molecule has 0 saturated carbocycles. The molecule has 1 aliphatic carbocycles. The van der Waals surface area contributed by atoms with E-state index in [4.69, 9.17) is 18.9 Å². The van der Waals surface area contributed by atoms with Crippen LogP contribution in [-0.2, 0) is 33.4 Å². The zero-order valence-electron chi connectivity index (χ0n) is 26.8. The van der Waals surface area contributed by atoms with Crippen molar-refractivity contribution in [3.05, 3.63) is 101 Å². The fraction of sp³-hybridized carbons (Fsp3) is 0.333. The lowest BCUT2D eigenvalue weighted by Gasteiger charge is -2.33. The summed E-state index contributed by atoms with van der Waals surface area (Å²) in [6.07, 6.45) is 7.53. The molecular weight excluding hydrogens is 628 g/mol. The van der Waals surface area contributed by atoms with Crippen LogP contribution in [-0.4, -0.2) is 48.7 Å². The number of ether oxygens (including phenoxy) is 4. The number of ketones is 1. The quantitative estimate of drug-likeness (QED) is 0.0481. The van der Waals surface area contributed by atoms with Gasteiger partial charge in [-0.1, -0.05) is 67.4 Å². The minimum Gasteiger partial charge on any atom is -0.494 e. The maximum absolute atomic E-state index is 12.6. The van der Waals surface area contributed by atoms with Gasteiger partial charge in [-0.3, -0.25) is 28.8 Å². The van der Waals surface area contributed by atoms with Crippen molar-refractivity contribution in [2.45, 2.75) is 62.9 Å². The minimum absolute atomic E-state index is 0.0633. The number of hydrogen-bond acceptors (Lipinski definition) is 10. The Hall–Kier alpha value is -5.38.